The molecule has 0 aliphatic heterocycles. The minimum Gasteiger partial charge on any atom is -0.406 e. The highest BCUT2D eigenvalue weighted by atomic mass is 19.4. The molecule has 0 saturated heterocycles. The van der Waals surface area contributed by atoms with Gasteiger partial charge >= 0.3 is 6.36 Å². The second-order valence-corrected chi connectivity index (χ2v) is 4.11. The van der Waals surface area contributed by atoms with Gasteiger partial charge < -0.3 is 15.8 Å². The molecule has 0 atom stereocenters. The van der Waals surface area contributed by atoms with Gasteiger partial charge in [0.2, 0.25) is 0 Å². The zero-order valence-corrected chi connectivity index (χ0v) is 10.6. The van der Waals surface area contributed by atoms with Gasteiger partial charge in [-0.3, -0.25) is 0 Å². The largest absolute Gasteiger partial charge is 0.573 e. The molecule has 108 valence electrons. The molecule has 0 spiro atoms. The van der Waals surface area contributed by atoms with Gasteiger partial charge in [-0.1, -0.05) is 6.07 Å². The van der Waals surface area contributed by atoms with Crippen molar-refractivity contribution in [3.05, 3.63) is 48.0 Å². The standard InChI is InChI=1S/C14H10F3N3O/c15-14(16,17)21-11-3-1-2-10(7-11)20-13-5-4-9(8-18)6-12(13)19/h1-7,20H,19H2. The Kier molecular flexibility index (Phi) is 3.89. The summed E-state index contributed by atoms with van der Waals surface area (Å²) in [5.74, 6) is -0.334. The van der Waals surface area contributed by atoms with Crippen molar-refractivity contribution in [1.29, 1.82) is 5.26 Å². The molecule has 0 heterocycles. The van der Waals surface area contributed by atoms with Crippen molar-refractivity contribution in [3.8, 4) is 11.8 Å². The van der Waals surface area contributed by atoms with Gasteiger partial charge in [0.1, 0.15) is 5.75 Å². The summed E-state index contributed by atoms with van der Waals surface area (Å²) in [4.78, 5) is 0. The highest BCUT2D eigenvalue weighted by Crippen LogP contribution is 2.28. The highest BCUT2D eigenvalue weighted by Gasteiger charge is 2.31. The number of nitriles is 1. The molecule has 0 amide bonds. The van der Waals surface area contributed by atoms with Crippen LogP contribution in [0.25, 0.3) is 0 Å². The Morgan fingerprint density at radius 3 is 2.52 bits per heavy atom. The van der Waals surface area contributed by atoms with Gasteiger partial charge in [0, 0.05) is 11.8 Å². The molecular formula is C14H10F3N3O. The number of benzene rings is 2. The molecule has 7 heteroatoms. The lowest BCUT2D eigenvalue weighted by molar-refractivity contribution is -0.274. The van der Waals surface area contributed by atoms with Gasteiger partial charge in [-0.25, -0.2) is 0 Å². The third-order valence-corrected chi connectivity index (χ3v) is 2.53. The predicted molar refractivity (Wildman–Crippen MR) is 72.0 cm³/mol. The first-order valence-electron chi connectivity index (χ1n) is 5.80. The van der Waals surface area contributed by atoms with Crippen LogP contribution in [-0.4, -0.2) is 6.36 Å². The zero-order valence-electron chi connectivity index (χ0n) is 10.6. The second kappa shape index (κ2) is 5.63. The maximum Gasteiger partial charge on any atom is 0.573 e. The van der Waals surface area contributed by atoms with Crippen molar-refractivity contribution in [1.82, 2.24) is 0 Å². The Morgan fingerprint density at radius 1 is 1.14 bits per heavy atom. The van der Waals surface area contributed by atoms with Gasteiger partial charge in [-0.15, -0.1) is 13.2 Å². The summed E-state index contributed by atoms with van der Waals surface area (Å²) in [5.41, 5.74) is 7.34. The summed E-state index contributed by atoms with van der Waals surface area (Å²) in [6.07, 6.45) is -4.74. The lowest BCUT2D eigenvalue weighted by Gasteiger charge is -2.12. The Bertz CT molecular complexity index is 693. The van der Waals surface area contributed by atoms with Crippen molar-refractivity contribution in [2.75, 3.05) is 11.1 Å². The number of nitrogen functional groups attached to an aromatic ring is 1. The first-order valence-corrected chi connectivity index (χ1v) is 5.80. The van der Waals surface area contributed by atoms with E-state index in [0.717, 1.165) is 0 Å². The van der Waals surface area contributed by atoms with Crippen LogP contribution in [0.2, 0.25) is 0 Å². The Morgan fingerprint density at radius 2 is 1.90 bits per heavy atom. The molecule has 2 rings (SSSR count). The van der Waals surface area contributed by atoms with Crippen molar-refractivity contribution in [2.45, 2.75) is 6.36 Å². The molecule has 0 aromatic heterocycles. The first kappa shape index (κ1) is 14.5. The van der Waals surface area contributed by atoms with Crippen LogP contribution in [0.1, 0.15) is 5.56 Å². The van der Waals surface area contributed by atoms with Crippen LogP contribution in [0.5, 0.6) is 5.75 Å². The van der Waals surface area contributed by atoms with Crippen LogP contribution in [0, 0.1) is 11.3 Å². The summed E-state index contributed by atoms with van der Waals surface area (Å²) in [6.45, 7) is 0. The van der Waals surface area contributed by atoms with Gasteiger partial charge in [0.05, 0.1) is 23.0 Å². The molecule has 0 bridgehead atoms. The number of nitrogens with zero attached hydrogens (tertiary/aromatic N) is 1. The summed E-state index contributed by atoms with van der Waals surface area (Å²) in [6, 6.07) is 11.9. The smallest absolute Gasteiger partial charge is 0.406 e. The number of alkyl halides is 3. The van der Waals surface area contributed by atoms with Crippen LogP contribution < -0.4 is 15.8 Å². The van der Waals surface area contributed by atoms with E-state index in [0.29, 0.717) is 22.6 Å². The fraction of sp³-hybridized carbons (Fsp3) is 0.0714. The molecule has 4 nitrogen and oxygen atoms in total. The Labute approximate surface area is 118 Å². The molecule has 3 N–H and O–H groups in total. The van der Waals surface area contributed by atoms with Gasteiger partial charge in [0.15, 0.2) is 0 Å². The third-order valence-electron chi connectivity index (χ3n) is 2.53. The van der Waals surface area contributed by atoms with Crippen molar-refractivity contribution < 1.29 is 17.9 Å². The van der Waals surface area contributed by atoms with Gasteiger partial charge in [-0.2, -0.15) is 5.26 Å². The fourth-order valence-electron chi connectivity index (χ4n) is 1.67. The van der Waals surface area contributed by atoms with E-state index in [1.165, 1.54) is 24.3 Å². The lowest BCUT2D eigenvalue weighted by atomic mass is 10.2. The van der Waals surface area contributed by atoms with E-state index in [9.17, 15) is 13.2 Å². The third kappa shape index (κ3) is 4.04. The van der Waals surface area contributed by atoms with Crippen molar-refractivity contribution >= 4 is 17.1 Å². The summed E-state index contributed by atoms with van der Waals surface area (Å²) < 4.78 is 40.3. The van der Waals surface area contributed by atoms with E-state index in [1.54, 1.807) is 18.2 Å². The van der Waals surface area contributed by atoms with Crippen LogP contribution in [0.15, 0.2) is 42.5 Å². The Hall–Kier alpha value is -2.88. The van der Waals surface area contributed by atoms with Crippen LogP contribution in [0.4, 0.5) is 30.2 Å². The van der Waals surface area contributed by atoms with E-state index < -0.39 is 6.36 Å². The highest BCUT2D eigenvalue weighted by molar-refractivity contribution is 5.74. The average molecular weight is 293 g/mol. The normalized spacial score (nSPS) is 10.8. The fourth-order valence-corrected chi connectivity index (χ4v) is 1.67. The molecule has 0 unspecified atom stereocenters. The number of ether oxygens (including phenoxy) is 1. The molecule has 0 radical (unpaired) electrons. The van der Waals surface area contributed by atoms with Gasteiger partial charge in [0.25, 0.3) is 0 Å². The number of anilines is 3. The first-order chi connectivity index (χ1) is 9.87. The quantitative estimate of drug-likeness (QED) is 0.845. The van der Waals surface area contributed by atoms with E-state index in [1.807, 2.05) is 6.07 Å². The molecule has 2 aromatic carbocycles. The van der Waals surface area contributed by atoms with Crippen LogP contribution in [-0.2, 0) is 0 Å². The summed E-state index contributed by atoms with van der Waals surface area (Å²) in [7, 11) is 0. The molecule has 2 aromatic rings. The van der Waals surface area contributed by atoms with Crippen LogP contribution >= 0.6 is 0 Å². The maximum atomic E-state index is 12.2. The topological polar surface area (TPSA) is 71.1 Å². The number of hydrogen-bond donors (Lipinski definition) is 2. The zero-order chi connectivity index (χ0) is 15.5. The summed E-state index contributed by atoms with van der Waals surface area (Å²) in [5, 5.41) is 11.6. The number of hydrogen-bond acceptors (Lipinski definition) is 4. The number of nitrogens with one attached hydrogen (secondary N) is 1. The molecule has 0 saturated carbocycles. The van der Waals surface area contributed by atoms with Gasteiger partial charge in [-0.05, 0) is 30.3 Å². The van der Waals surface area contributed by atoms with E-state index in [4.69, 9.17) is 11.0 Å². The minimum atomic E-state index is -4.74. The maximum absolute atomic E-state index is 12.2. The monoisotopic (exact) mass is 293 g/mol. The number of halogens is 3. The molecular weight excluding hydrogens is 283 g/mol. The Balaban J connectivity index is 2.20. The van der Waals surface area contributed by atoms with E-state index in [-0.39, 0.29) is 5.75 Å². The lowest BCUT2D eigenvalue weighted by Crippen LogP contribution is -2.17. The predicted octanol–water partition coefficient (Wildman–Crippen LogP) is 3.78. The van der Waals surface area contributed by atoms with Crippen molar-refractivity contribution in [3.63, 3.8) is 0 Å². The second-order valence-electron chi connectivity index (χ2n) is 4.11. The molecule has 0 aliphatic carbocycles. The number of rotatable bonds is 3. The minimum absolute atomic E-state index is 0.316. The number of nitrogens with two attached hydrogens (primary N) is 1. The van der Waals surface area contributed by atoms with Crippen LogP contribution in [0.3, 0.4) is 0 Å². The van der Waals surface area contributed by atoms with Crippen molar-refractivity contribution in [2.24, 2.45) is 0 Å². The van der Waals surface area contributed by atoms with E-state index >= 15 is 0 Å². The average Bonchev–Trinajstić information content (AvgIpc) is 2.39. The van der Waals surface area contributed by atoms with E-state index in [2.05, 4.69) is 10.1 Å². The molecule has 0 fully saturated rings. The molecule has 21 heavy (non-hydrogen) atoms. The summed E-state index contributed by atoms with van der Waals surface area (Å²) >= 11 is 0. The SMILES string of the molecule is N#Cc1ccc(Nc2cccc(OC(F)(F)F)c2)c(N)c1. The molecule has 0 aliphatic rings.